The van der Waals surface area contributed by atoms with Crippen molar-refractivity contribution in [2.45, 2.75) is 26.7 Å². The van der Waals surface area contributed by atoms with Crippen LogP contribution in [0.1, 0.15) is 36.2 Å². The highest BCUT2D eigenvalue weighted by Gasteiger charge is 2.23. The Hall–Kier alpha value is -1.15. The van der Waals surface area contributed by atoms with Gasteiger partial charge in [0.05, 0.1) is 0 Å². The Kier molecular flexibility index (Phi) is 3.95. The summed E-state index contributed by atoms with van der Waals surface area (Å²) < 4.78 is 0. The van der Waals surface area contributed by atoms with Crippen molar-refractivity contribution in [1.82, 2.24) is 5.32 Å². The van der Waals surface area contributed by atoms with Crippen molar-refractivity contribution in [3.63, 3.8) is 0 Å². The predicted molar refractivity (Wildman–Crippen MR) is 70.3 cm³/mol. The second kappa shape index (κ2) is 5.46. The summed E-state index contributed by atoms with van der Waals surface area (Å²) in [6.45, 7) is 6.24. The Morgan fingerprint density at radius 3 is 2.59 bits per heavy atom. The Bertz CT molecular complexity index is 374. The molecule has 1 aliphatic rings. The minimum Gasteiger partial charge on any atom is -0.316 e. The lowest BCUT2D eigenvalue weighted by Crippen LogP contribution is -2.17. The van der Waals surface area contributed by atoms with Crippen LogP contribution >= 0.6 is 0 Å². The van der Waals surface area contributed by atoms with Crippen LogP contribution < -0.4 is 5.32 Å². The molecule has 1 saturated heterocycles. The maximum absolute atomic E-state index is 12.1. The van der Waals surface area contributed by atoms with Crippen molar-refractivity contribution < 1.29 is 4.79 Å². The van der Waals surface area contributed by atoms with Gasteiger partial charge in [-0.25, -0.2) is 0 Å². The lowest BCUT2D eigenvalue weighted by molar-refractivity contribution is 0.0930. The second-order valence-corrected chi connectivity index (χ2v) is 5.35. The monoisotopic (exact) mass is 231 g/mol. The van der Waals surface area contributed by atoms with E-state index in [9.17, 15) is 4.79 Å². The van der Waals surface area contributed by atoms with Crippen molar-refractivity contribution in [1.29, 1.82) is 0 Å². The van der Waals surface area contributed by atoms with Crippen LogP contribution in [0.25, 0.3) is 0 Å². The molecule has 1 heterocycles. The number of carbonyl (C=O) groups excluding carboxylic acids is 1. The Morgan fingerprint density at radius 2 is 2.06 bits per heavy atom. The number of carbonyl (C=O) groups is 1. The Morgan fingerprint density at radius 1 is 1.35 bits per heavy atom. The van der Waals surface area contributed by atoms with E-state index in [0.29, 0.717) is 11.7 Å². The molecule has 0 bridgehead atoms. The average molecular weight is 231 g/mol. The number of benzene rings is 1. The van der Waals surface area contributed by atoms with Crippen molar-refractivity contribution in [2.75, 3.05) is 13.1 Å². The number of hydrogen-bond donors (Lipinski definition) is 1. The van der Waals surface area contributed by atoms with Gasteiger partial charge in [0, 0.05) is 18.0 Å². The fourth-order valence-corrected chi connectivity index (χ4v) is 2.39. The van der Waals surface area contributed by atoms with Crippen molar-refractivity contribution in [2.24, 2.45) is 11.8 Å². The van der Waals surface area contributed by atoms with Gasteiger partial charge < -0.3 is 5.32 Å². The minimum atomic E-state index is 0.186. The van der Waals surface area contributed by atoms with Crippen LogP contribution in [-0.4, -0.2) is 18.9 Å². The third kappa shape index (κ3) is 3.16. The van der Waals surface area contributed by atoms with E-state index < -0.39 is 0 Å². The summed E-state index contributed by atoms with van der Waals surface area (Å²) in [5.74, 6) is 1.15. The molecular weight excluding hydrogens is 210 g/mol. The van der Waals surface area contributed by atoms with Crippen molar-refractivity contribution in [3.05, 3.63) is 35.4 Å². The minimum absolute atomic E-state index is 0.186. The van der Waals surface area contributed by atoms with Gasteiger partial charge in [-0.05, 0) is 30.9 Å². The van der Waals surface area contributed by atoms with Gasteiger partial charge in [-0.15, -0.1) is 0 Å². The molecule has 1 aromatic carbocycles. The van der Waals surface area contributed by atoms with E-state index in [0.717, 1.165) is 31.5 Å². The fourth-order valence-electron chi connectivity index (χ4n) is 2.39. The van der Waals surface area contributed by atoms with Crippen LogP contribution in [0, 0.1) is 11.8 Å². The van der Waals surface area contributed by atoms with Gasteiger partial charge in [-0.3, -0.25) is 4.79 Å². The lowest BCUT2D eigenvalue weighted by atomic mass is 9.95. The SMILES string of the molecule is CC(C)Cc1ccc(C(=O)C2CCNC2)cc1. The highest BCUT2D eigenvalue weighted by atomic mass is 16.1. The molecule has 1 aromatic rings. The first kappa shape index (κ1) is 12.3. The van der Waals surface area contributed by atoms with E-state index in [2.05, 4.69) is 31.3 Å². The topological polar surface area (TPSA) is 29.1 Å². The molecule has 0 spiro atoms. The maximum Gasteiger partial charge on any atom is 0.167 e. The van der Waals surface area contributed by atoms with E-state index in [4.69, 9.17) is 0 Å². The molecule has 92 valence electrons. The normalized spacial score (nSPS) is 19.8. The van der Waals surface area contributed by atoms with Gasteiger partial charge in [-0.2, -0.15) is 0 Å². The summed E-state index contributed by atoms with van der Waals surface area (Å²) in [7, 11) is 0. The summed E-state index contributed by atoms with van der Waals surface area (Å²) in [5, 5.41) is 3.24. The highest BCUT2D eigenvalue weighted by molar-refractivity contribution is 5.98. The summed E-state index contributed by atoms with van der Waals surface area (Å²) in [6.07, 6.45) is 2.06. The van der Waals surface area contributed by atoms with Gasteiger partial charge in [-0.1, -0.05) is 38.1 Å². The molecule has 1 fully saturated rings. The van der Waals surface area contributed by atoms with Gasteiger partial charge in [0.2, 0.25) is 0 Å². The number of ketones is 1. The largest absolute Gasteiger partial charge is 0.316 e. The zero-order valence-electron chi connectivity index (χ0n) is 10.7. The van der Waals surface area contributed by atoms with Gasteiger partial charge in [0.25, 0.3) is 0 Å². The van der Waals surface area contributed by atoms with Gasteiger partial charge in [0.1, 0.15) is 0 Å². The van der Waals surface area contributed by atoms with Crippen molar-refractivity contribution in [3.8, 4) is 0 Å². The molecular formula is C15H21NO. The molecule has 1 N–H and O–H groups in total. The van der Waals surface area contributed by atoms with E-state index in [1.54, 1.807) is 0 Å². The molecule has 1 aliphatic heterocycles. The van der Waals surface area contributed by atoms with Gasteiger partial charge >= 0.3 is 0 Å². The third-order valence-electron chi connectivity index (χ3n) is 3.31. The van der Waals surface area contributed by atoms with Crippen LogP contribution in [-0.2, 0) is 6.42 Å². The number of rotatable bonds is 4. The molecule has 0 aromatic heterocycles. The summed E-state index contributed by atoms with van der Waals surface area (Å²) in [6, 6.07) is 8.15. The predicted octanol–water partition coefficient (Wildman–Crippen LogP) is 2.68. The van der Waals surface area contributed by atoms with Crippen molar-refractivity contribution >= 4 is 5.78 Å². The third-order valence-corrected chi connectivity index (χ3v) is 3.31. The first-order chi connectivity index (χ1) is 8.16. The zero-order chi connectivity index (χ0) is 12.3. The quantitative estimate of drug-likeness (QED) is 0.807. The Labute approximate surface area is 103 Å². The van der Waals surface area contributed by atoms with Gasteiger partial charge in [0.15, 0.2) is 5.78 Å². The first-order valence-electron chi connectivity index (χ1n) is 6.50. The van der Waals surface area contributed by atoms with Crippen LogP contribution in [0.15, 0.2) is 24.3 Å². The summed E-state index contributed by atoms with van der Waals surface area (Å²) in [4.78, 5) is 12.1. The molecule has 0 saturated carbocycles. The first-order valence-corrected chi connectivity index (χ1v) is 6.50. The highest BCUT2D eigenvalue weighted by Crippen LogP contribution is 2.17. The van der Waals surface area contributed by atoms with Crippen LogP contribution in [0.4, 0.5) is 0 Å². The second-order valence-electron chi connectivity index (χ2n) is 5.35. The molecule has 1 unspecified atom stereocenters. The molecule has 1 atom stereocenters. The molecule has 0 aliphatic carbocycles. The maximum atomic E-state index is 12.1. The van der Waals surface area contributed by atoms with E-state index >= 15 is 0 Å². The van der Waals surface area contributed by atoms with E-state index in [1.807, 2.05) is 12.1 Å². The standard InChI is InChI=1S/C15H21NO/c1-11(2)9-12-3-5-13(6-4-12)15(17)14-7-8-16-10-14/h3-6,11,14,16H,7-10H2,1-2H3. The fraction of sp³-hybridized carbons (Fsp3) is 0.533. The van der Waals surface area contributed by atoms with E-state index in [-0.39, 0.29) is 5.92 Å². The zero-order valence-corrected chi connectivity index (χ0v) is 10.7. The molecule has 2 rings (SSSR count). The summed E-state index contributed by atoms with van der Waals surface area (Å²) in [5.41, 5.74) is 2.19. The number of Topliss-reactive ketones (excluding diaryl/α,β-unsaturated/α-hetero) is 1. The molecule has 2 heteroatoms. The molecule has 0 radical (unpaired) electrons. The summed E-state index contributed by atoms with van der Waals surface area (Å²) >= 11 is 0. The molecule has 0 amide bonds. The average Bonchev–Trinajstić information content (AvgIpc) is 2.82. The van der Waals surface area contributed by atoms with E-state index in [1.165, 1.54) is 5.56 Å². The number of nitrogens with one attached hydrogen (secondary N) is 1. The Balaban J connectivity index is 2.04. The smallest absolute Gasteiger partial charge is 0.167 e. The molecule has 17 heavy (non-hydrogen) atoms. The van der Waals surface area contributed by atoms with Crippen LogP contribution in [0.2, 0.25) is 0 Å². The van der Waals surface area contributed by atoms with Crippen LogP contribution in [0.3, 0.4) is 0 Å². The number of hydrogen-bond acceptors (Lipinski definition) is 2. The lowest BCUT2D eigenvalue weighted by Gasteiger charge is -2.09. The van der Waals surface area contributed by atoms with Crippen LogP contribution in [0.5, 0.6) is 0 Å². The molecule has 2 nitrogen and oxygen atoms in total.